The molecule has 3 N–H and O–H groups in total. The van der Waals surface area contributed by atoms with E-state index in [4.69, 9.17) is 15.6 Å². The number of benzene rings is 1. The Hall–Kier alpha value is -1.06. The lowest BCUT2D eigenvalue weighted by Crippen LogP contribution is -2.33. The molecule has 0 fully saturated rings. The first-order valence-electron chi connectivity index (χ1n) is 5.73. The van der Waals surface area contributed by atoms with Crippen LogP contribution in [0.3, 0.4) is 0 Å². The third-order valence-electron chi connectivity index (χ3n) is 2.62. The maximum atomic E-state index is 8.93. The summed E-state index contributed by atoms with van der Waals surface area (Å²) >= 11 is 0. The van der Waals surface area contributed by atoms with Gasteiger partial charge in [0, 0.05) is 12.1 Å². The molecule has 1 aromatic rings. The van der Waals surface area contributed by atoms with Crippen LogP contribution in [0, 0.1) is 0 Å². The Labute approximate surface area is 97.2 Å². The van der Waals surface area contributed by atoms with Gasteiger partial charge in [0.05, 0.1) is 6.61 Å². The third kappa shape index (κ3) is 3.51. The van der Waals surface area contributed by atoms with Crippen molar-refractivity contribution in [3.05, 3.63) is 29.8 Å². The van der Waals surface area contributed by atoms with E-state index in [1.165, 1.54) is 0 Å². The molecule has 0 bridgehead atoms. The van der Waals surface area contributed by atoms with E-state index >= 15 is 0 Å². The van der Waals surface area contributed by atoms with Gasteiger partial charge in [0.15, 0.2) is 0 Å². The highest BCUT2D eigenvalue weighted by molar-refractivity contribution is 5.31. The number of aliphatic hydroxyl groups is 1. The average molecular weight is 223 g/mol. The molecule has 3 heteroatoms. The molecule has 1 unspecified atom stereocenters. The van der Waals surface area contributed by atoms with Gasteiger partial charge in [-0.15, -0.1) is 0 Å². The van der Waals surface area contributed by atoms with Crippen LogP contribution in [0.15, 0.2) is 24.3 Å². The van der Waals surface area contributed by atoms with Crippen molar-refractivity contribution in [2.75, 3.05) is 13.2 Å². The summed E-state index contributed by atoms with van der Waals surface area (Å²) in [6.07, 6.45) is 1.56. The van der Waals surface area contributed by atoms with Crippen molar-refractivity contribution in [1.29, 1.82) is 0 Å². The first kappa shape index (κ1) is 13.0. The van der Waals surface area contributed by atoms with Crippen LogP contribution in [0.25, 0.3) is 0 Å². The van der Waals surface area contributed by atoms with Crippen molar-refractivity contribution in [2.24, 2.45) is 5.73 Å². The minimum Gasteiger partial charge on any atom is -0.494 e. The zero-order valence-electron chi connectivity index (χ0n) is 10.1. The number of ether oxygens (including phenoxy) is 1. The summed E-state index contributed by atoms with van der Waals surface area (Å²) in [6.45, 7) is 4.83. The molecule has 0 radical (unpaired) electrons. The summed E-state index contributed by atoms with van der Waals surface area (Å²) in [4.78, 5) is 0. The van der Waals surface area contributed by atoms with Crippen LogP contribution in [0.5, 0.6) is 5.75 Å². The first-order valence-corrected chi connectivity index (χ1v) is 5.73. The van der Waals surface area contributed by atoms with Crippen molar-refractivity contribution < 1.29 is 9.84 Å². The van der Waals surface area contributed by atoms with Crippen molar-refractivity contribution in [3.63, 3.8) is 0 Å². The van der Waals surface area contributed by atoms with Crippen LogP contribution < -0.4 is 10.5 Å². The van der Waals surface area contributed by atoms with Gasteiger partial charge in [-0.3, -0.25) is 0 Å². The highest BCUT2D eigenvalue weighted by Crippen LogP contribution is 2.23. The standard InChI is InChI=1S/C13H21NO2/c1-3-10-16-12-6-4-11(5-7-12)13(2,14)8-9-15/h4-7,15H,3,8-10,14H2,1-2H3. The zero-order chi connectivity index (χ0) is 12.0. The molecule has 16 heavy (non-hydrogen) atoms. The van der Waals surface area contributed by atoms with Crippen molar-refractivity contribution >= 4 is 0 Å². The van der Waals surface area contributed by atoms with E-state index in [1.807, 2.05) is 31.2 Å². The molecule has 3 nitrogen and oxygen atoms in total. The van der Waals surface area contributed by atoms with Crippen LogP contribution in [-0.4, -0.2) is 18.3 Å². The van der Waals surface area contributed by atoms with Crippen molar-refractivity contribution in [2.45, 2.75) is 32.2 Å². The Morgan fingerprint density at radius 2 is 1.94 bits per heavy atom. The molecule has 0 saturated carbocycles. The summed E-state index contributed by atoms with van der Waals surface area (Å²) in [5, 5.41) is 8.93. The SMILES string of the molecule is CCCOc1ccc(C(C)(N)CCO)cc1. The Morgan fingerprint density at radius 3 is 2.44 bits per heavy atom. The van der Waals surface area contributed by atoms with Gasteiger partial charge in [0.1, 0.15) is 5.75 Å². The fourth-order valence-electron chi connectivity index (χ4n) is 1.53. The maximum Gasteiger partial charge on any atom is 0.119 e. The maximum absolute atomic E-state index is 8.93. The second-order valence-electron chi connectivity index (χ2n) is 4.26. The fourth-order valence-corrected chi connectivity index (χ4v) is 1.53. The lowest BCUT2D eigenvalue weighted by atomic mass is 9.90. The quantitative estimate of drug-likeness (QED) is 0.776. The molecule has 0 aliphatic rings. The lowest BCUT2D eigenvalue weighted by Gasteiger charge is -2.24. The summed E-state index contributed by atoms with van der Waals surface area (Å²) in [7, 11) is 0. The molecule has 1 rings (SSSR count). The molecule has 0 aromatic heterocycles. The topological polar surface area (TPSA) is 55.5 Å². The van der Waals surface area contributed by atoms with Gasteiger partial charge in [-0.25, -0.2) is 0 Å². The van der Waals surface area contributed by atoms with Crippen LogP contribution in [0.4, 0.5) is 0 Å². The molecule has 90 valence electrons. The fraction of sp³-hybridized carbons (Fsp3) is 0.538. The summed E-state index contributed by atoms with van der Waals surface area (Å²) < 4.78 is 5.49. The Morgan fingerprint density at radius 1 is 1.31 bits per heavy atom. The van der Waals surface area contributed by atoms with E-state index in [-0.39, 0.29) is 6.61 Å². The molecular weight excluding hydrogens is 202 g/mol. The molecule has 0 amide bonds. The minimum atomic E-state index is -0.474. The number of hydrogen-bond donors (Lipinski definition) is 2. The monoisotopic (exact) mass is 223 g/mol. The zero-order valence-corrected chi connectivity index (χ0v) is 10.1. The summed E-state index contributed by atoms with van der Waals surface area (Å²) in [5.74, 6) is 0.866. The highest BCUT2D eigenvalue weighted by Gasteiger charge is 2.19. The second kappa shape index (κ2) is 5.87. The third-order valence-corrected chi connectivity index (χ3v) is 2.62. The van der Waals surface area contributed by atoms with Crippen LogP contribution in [0.1, 0.15) is 32.3 Å². The van der Waals surface area contributed by atoms with Gasteiger partial charge in [0.2, 0.25) is 0 Å². The molecular formula is C13H21NO2. The van der Waals surface area contributed by atoms with Gasteiger partial charge >= 0.3 is 0 Å². The van der Waals surface area contributed by atoms with Crippen molar-refractivity contribution in [3.8, 4) is 5.75 Å². The number of rotatable bonds is 6. The highest BCUT2D eigenvalue weighted by atomic mass is 16.5. The number of hydrogen-bond acceptors (Lipinski definition) is 3. The molecule has 1 atom stereocenters. The second-order valence-corrected chi connectivity index (χ2v) is 4.26. The normalized spacial score (nSPS) is 14.5. The Balaban J connectivity index is 2.70. The van der Waals surface area contributed by atoms with E-state index in [2.05, 4.69) is 6.92 Å². The van der Waals surface area contributed by atoms with E-state index < -0.39 is 5.54 Å². The minimum absolute atomic E-state index is 0.0983. The van der Waals surface area contributed by atoms with Crippen LogP contribution >= 0.6 is 0 Å². The predicted molar refractivity (Wildman–Crippen MR) is 65.5 cm³/mol. The van der Waals surface area contributed by atoms with E-state index in [0.717, 1.165) is 24.3 Å². The number of nitrogens with two attached hydrogens (primary N) is 1. The first-order chi connectivity index (χ1) is 7.60. The molecule has 0 spiro atoms. The van der Waals surface area contributed by atoms with Gasteiger partial charge in [-0.05, 0) is 37.5 Å². The Kier molecular flexibility index (Phi) is 4.77. The van der Waals surface area contributed by atoms with Gasteiger partial charge in [-0.2, -0.15) is 0 Å². The lowest BCUT2D eigenvalue weighted by molar-refractivity contribution is 0.247. The molecule has 0 aliphatic heterocycles. The van der Waals surface area contributed by atoms with Gasteiger partial charge in [0.25, 0.3) is 0 Å². The molecule has 0 heterocycles. The average Bonchev–Trinajstić information content (AvgIpc) is 2.27. The predicted octanol–water partition coefficient (Wildman–Crippen LogP) is 2.03. The van der Waals surface area contributed by atoms with Crippen LogP contribution in [0.2, 0.25) is 0 Å². The van der Waals surface area contributed by atoms with Gasteiger partial charge < -0.3 is 15.6 Å². The Bertz CT molecular complexity index is 306. The molecule has 0 aliphatic carbocycles. The van der Waals surface area contributed by atoms with Gasteiger partial charge in [-0.1, -0.05) is 19.1 Å². The largest absolute Gasteiger partial charge is 0.494 e. The molecule has 0 saturated heterocycles. The summed E-state index contributed by atoms with van der Waals surface area (Å²) in [5.41, 5.74) is 6.64. The van der Waals surface area contributed by atoms with E-state index in [0.29, 0.717) is 6.42 Å². The number of aliphatic hydroxyl groups excluding tert-OH is 1. The van der Waals surface area contributed by atoms with Crippen molar-refractivity contribution in [1.82, 2.24) is 0 Å². The molecule has 1 aromatic carbocycles. The summed E-state index contributed by atoms with van der Waals surface area (Å²) in [6, 6.07) is 7.77. The van der Waals surface area contributed by atoms with E-state index in [9.17, 15) is 0 Å². The van der Waals surface area contributed by atoms with E-state index in [1.54, 1.807) is 0 Å². The smallest absolute Gasteiger partial charge is 0.119 e. The van der Waals surface area contributed by atoms with Crippen LogP contribution in [-0.2, 0) is 5.54 Å².